The van der Waals surface area contributed by atoms with Crippen molar-refractivity contribution in [3.05, 3.63) is 63.6 Å². The third kappa shape index (κ3) is 7.75. The number of halogens is 2. The van der Waals surface area contributed by atoms with Gasteiger partial charge in [-0.25, -0.2) is 0 Å². The summed E-state index contributed by atoms with van der Waals surface area (Å²) in [5, 5.41) is 3.79. The highest BCUT2D eigenvalue weighted by Gasteiger charge is 2.31. The Hall–Kier alpha value is -2.24. The summed E-state index contributed by atoms with van der Waals surface area (Å²) in [5.41, 5.74) is 1.62. The van der Waals surface area contributed by atoms with Crippen molar-refractivity contribution in [3.8, 4) is 5.75 Å². The number of benzene rings is 2. The number of nitrogens with one attached hydrogen (secondary N) is 1. The van der Waals surface area contributed by atoms with Crippen molar-refractivity contribution in [2.24, 2.45) is 0 Å². The van der Waals surface area contributed by atoms with Crippen molar-refractivity contribution in [2.45, 2.75) is 59.2 Å². The number of ether oxygens (including phenoxy) is 1. The van der Waals surface area contributed by atoms with Crippen molar-refractivity contribution in [1.29, 1.82) is 0 Å². The maximum atomic E-state index is 13.2. The summed E-state index contributed by atoms with van der Waals surface area (Å²) >= 11 is 12.1. The molecule has 168 valence electrons. The zero-order chi connectivity index (χ0) is 23.2. The molecule has 2 aromatic carbocycles. The van der Waals surface area contributed by atoms with E-state index < -0.39 is 11.6 Å². The predicted octanol–water partition coefficient (Wildman–Crippen LogP) is 5.40. The second kappa shape index (κ2) is 10.9. The third-order valence-corrected chi connectivity index (χ3v) is 5.10. The van der Waals surface area contributed by atoms with Gasteiger partial charge < -0.3 is 15.0 Å². The van der Waals surface area contributed by atoms with Gasteiger partial charge >= 0.3 is 0 Å². The lowest BCUT2D eigenvalue weighted by Crippen LogP contribution is -2.54. The minimum Gasteiger partial charge on any atom is -0.482 e. The smallest absolute Gasteiger partial charge is 0.261 e. The molecule has 0 heterocycles. The molecule has 0 aliphatic carbocycles. The van der Waals surface area contributed by atoms with E-state index in [-0.39, 0.29) is 18.4 Å². The molecule has 0 aromatic heterocycles. The second-order valence-corrected chi connectivity index (χ2v) is 9.38. The summed E-state index contributed by atoms with van der Waals surface area (Å²) in [7, 11) is 0. The maximum absolute atomic E-state index is 13.2. The first-order chi connectivity index (χ1) is 14.5. The van der Waals surface area contributed by atoms with Crippen LogP contribution in [-0.2, 0) is 16.1 Å². The molecule has 2 aromatic rings. The van der Waals surface area contributed by atoms with Gasteiger partial charge in [0.2, 0.25) is 5.91 Å². The molecule has 0 saturated carbocycles. The summed E-state index contributed by atoms with van der Waals surface area (Å²) in [6, 6.07) is 12.1. The van der Waals surface area contributed by atoms with Gasteiger partial charge in [-0.2, -0.15) is 0 Å². The lowest BCUT2D eigenvalue weighted by molar-refractivity contribution is -0.143. The molecule has 0 aliphatic rings. The monoisotopic (exact) mass is 464 g/mol. The minimum atomic E-state index is -0.628. The first kappa shape index (κ1) is 25.0. The van der Waals surface area contributed by atoms with E-state index in [2.05, 4.69) is 5.32 Å². The molecule has 7 heteroatoms. The van der Waals surface area contributed by atoms with E-state index in [1.165, 1.54) is 0 Å². The molecular formula is C24H30Cl2N2O3. The average Bonchev–Trinajstić information content (AvgIpc) is 2.65. The Kier molecular flexibility index (Phi) is 8.78. The van der Waals surface area contributed by atoms with E-state index in [9.17, 15) is 9.59 Å². The Labute approximate surface area is 194 Å². The number of hydrogen-bond donors (Lipinski definition) is 1. The Morgan fingerprint density at radius 3 is 2.42 bits per heavy atom. The van der Waals surface area contributed by atoms with Crippen LogP contribution in [0.2, 0.25) is 10.0 Å². The highest BCUT2D eigenvalue weighted by molar-refractivity contribution is 6.35. The molecule has 1 N–H and O–H groups in total. The Balaban J connectivity index is 2.26. The van der Waals surface area contributed by atoms with E-state index in [1.54, 1.807) is 23.1 Å². The van der Waals surface area contributed by atoms with Crippen molar-refractivity contribution in [2.75, 3.05) is 6.61 Å². The van der Waals surface area contributed by atoms with Gasteiger partial charge in [-0.05, 0) is 57.9 Å². The number of carbonyl (C=O) groups excluding carboxylic acids is 2. The lowest BCUT2D eigenvalue weighted by Gasteiger charge is -2.33. The van der Waals surface area contributed by atoms with E-state index in [0.717, 1.165) is 11.1 Å². The molecule has 0 fully saturated rings. The molecule has 2 amide bonds. The lowest BCUT2D eigenvalue weighted by atomic mass is 10.1. The van der Waals surface area contributed by atoms with Crippen molar-refractivity contribution in [3.63, 3.8) is 0 Å². The first-order valence-corrected chi connectivity index (χ1v) is 11.0. The van der Waals surface area contributed by atoms with Gasteiger partial charge in [0, 0.05) is 17.1 Å². The van der Waals surface area contributed by atoms with Gasteiger partial charge in [0.05, 0.1) is 5.02 Å². The molecule has 0 spiro atoms. The van der Waals surface area contributed by atoms with Gasteiger partial charge in [0.15, 0.2) is 6.61 Å². The van der Waals surface area contributed by atoms with Crippen molar-refractivity contribution < 1.29 is 14.3 Å². The summed E-state index contributed by atoms with van der Waals surface area (Å²) in [6.45, 7) is 9.67. The molecular weight excluding hydrogens is 435 g/mol. The summed E-state index contributed by atoms with van der Waals surface area (Å²) in [5.74, 6) is -0.133. The summed E-state index contributed by atoms with van der Waals surface area (Å²) in [6.07, 6.45) is 0.473. The molecule has 5 nitrogen and oxygen atoms in total. The standard InChI is InChI=1S/C24H30Cl2N2O3/c1-6-20(23(30)27-24(3,4)5)28(14-17-9-7-8-16(2)12-17)22(29)15-31-21-11-10-18(25)13-19(21)26/h7-13,20H,6,14-15H2,1-5H3,(H,27,30). The molecule has 31 heavy (non-hydrogen) atoms. The van der Waals surface area contributed by atoms with E-state index in [0.29, 0.717) is 28.8 Å². The van der Waals surface area contributed by atoms with Crippen LogP contribution < -0.4 is 10.1 Å². The maximum Gasteiger partial charge on any atom is 0.261 e. The van der Waals surface area contributed by atoms with Crippen LogP contribution in [0.25, 0.3) is 0 Å². The van der Waals surface area contributed by atoms with E-state index in [4.69, 9.17) is 27.9 Å². The predicted molar refractivity (Wildman–Crippen MR) is 126 cm³/mol. The molecule has 0 bridgehead atoms. The minimum absolute atomic E-state index is 0.194. The van der Waals surface area contributed by atoms with Crippen LogP contribution >= 0.6 is 23.2 Å². The number of amides is 2. The second-order valence-electron chi connectivity index (χ2n) is 8.54. The highest BCUT2D eigenvalue weighted by atomic mass is 35.5. The summed E-state index contributed by atoms with van der Waals surface area (Å²) < 4.78 is 5.66. The number of aryl methyl sites for hydroxylation is 1. The molecule has 1 unspecified atom stereocenters. The first-order valence-electron chi connectivity index (χ1n) is 10.2. The average molecular weight is 465 g/mol. The number of hydrogen-bond acceptors (Lipinski definition) is 3. The highest BCUT2D eigenvalue weighted by Crippen LogP contribution is 2.27. The van der Waals surface area contributed by atoms with Gasteiger partial charge in [-0.15, -0.1) is 0 Å². The largest absolute Gasteiger partial charge is 0.482 e. The van der Waals surface area contributed by atoms with Gasteiger partial charge in [0.25, 0.3) is 5.91 Å². The Bertz CT molecular complexity index is 925. The van der Waals surface area contributed by atoms with Gasteiger partial charge in [-0.3, -0.25) is 9.59 Å². The topological polar surface area (TPSA) is 58.6 Å². The molecule has 0 aliphatic heterocycles. The molecule has 0 radical (unpaired) electrons. The van der Waals surface area contributed by atoms with Crippen LogP contribution in [0.5, 0.6) is 5.75 Å². The fourth-order valence-electron chi connectivity index (χ4n) is 3.19. The van der Waals surface area contributed by atoms with Crippen LogP contribution in [0.3, 0.4) is 0 Å². The zero-order valence-corrected chi connectivity index (χ0v) is 20.2. The molecule has 2 rings (SSSR count). The van der Waals surface area contributed by atoms with Crippen LogP contribution in [-0.4, -0.2) is 34.9 Å². The molecule has 1 atom stereocenters. The Morgan fingerprint density at radius 1 is 1.13 bits per heavy atom. The van der Waals surface area contributed by atoms with Crippen LogP contribution in [0.15, 0.2) is 42.5 Å². The van der Waals surface area contributed by atoms with Crippen LogP contribution in [0, 0.1) is 6.92 Å². The van der Waals surface area contributed by atoms with Crippen LogP contribution in [0.1, 0.15) is 45.2 Å². The number of carbonyl (C=O) groups is 2. The van der Waals surface area contributed by atoms with Crippen LogP contribution in [0.4, 0.5) is 0 Å². The summed E-state index contributed by atoms with van der Waals surface area (Å²) in [4.78, 5) is 27.8. The SMILES string of the molecule is CCC(C(=O)NC(C)(C)C)N(Cc1cccc(C)c1)C(=O)COc1ccc(Cl)cc1Cl. The van der Waals surface area contributed by atoms with Crippen molar-refractivity contribution in [1.82, 2.24) is 10.2 Å². The zero-order valence-electron chi connectivity index (χ0n) is 18.7. The van der Waals surface area contributed by atoms with Gasteiger partial charge in [-0.1, -0.05) is 60.0 Å². The quantitative estimate of drug-likeness (QED) is 0.568. The number of nitrogens with zero attached hydrogens (tertiary/aromatic N) is 1. The number of rotatable bonds is 8. The third-order valence-electron chi connectivity index (χ3n) is 4.56. The molecule has 0 saturated heterocycles. The van der Waals surface area contributed by atoms with E-state index in [1.807, 2.05) is 58.9 Å². The Morgan fingerprint density at radius 2 is 1.84 bits per heavy atom. The van der Waals surface area contributed by atoms with Crippen molar-refractivity contribution >= 4 is 35.0 Å². The fourth-order valence-corrected chi connectivity index (χ4v) is 3.66. The van der Waals surface area contributed by atoms with Gasteiger partial charge in [0.1, 0.15) is 11.8 Å². The van der Waals surface area contributed by atoms with E-state index >= 15 is 0 Å². The normalized spacial score (nSPS) is 12.2. The fraction of sp³-hybridized carbons (Fsp3) is 0.417.